The fourth-order valence-corrected chi connectivity index (χ4v) is 3.15. The van der Waals surface area contributed by atoms with Gasteiger partial charge in [0.25, 0.3) is 5.91 Å². The molecule has 2 aromatic rings. The van der Waals surface area contributed by atoms with Crippen LogP contribution in [0.3, 0.4) is 0 Å². The van der Waals surface area contributed by atoms with E-state index in [9.17, 15) is 9.59 Å². The third-order valence-corrected chi connectivity index (χ3v) is 4.90. The van der Waals surface area contributed by atoms with E-state index in [1.165, 1.54) is 4.90 Å². The van der Waals surface area contributed by atoms with Crippen molar-refractivity contribution in [2.45, 2.75) is 33.4 Å². The van der Waals surface area contributed by atoms with Crippen molar-refractivity contribution >= 4 is 35.0 Å². The molecule has 0 heterocycles. The molecule has 2 aromatic carbocycles. The van der Waals surface area contributed by atoms with Gasteiger partial charge in [0.05, 0.1) is 5.02 Å². The SMILES string of the molecule is CCNC(=O)[C@@H](C)N(Cc1ccccc1C)C(=O)COc1ccc(Cl)cc1Cl. The second kappa shape index (κ2) is 10.3. The second-order valence-electron chi connectivity index (χ2n) is 6.38. The molecule has 2 amide bonds. The average Bonchev–Trinajstić information content (AvgIpc) is 2.66. The zero-order valence-electron chi connectivity index (χ0n) is 16.2. The Labute approximate surface area is 175 Å². The normalized spacial score (nSPS) is 11.6. The first-order chi connectivity index (χ1) is 13.3. The number of hydrogen-bond donors (Lipinski definition) is 1. The largest absolute Gasteiger partial charge is 0.482 e. The fourth-order valence-electron chi connectivity index (χ4n) is 2.69. The number of amides is 2. The number of hydrogen-bond acceptors (Lipinski definition) is 3. The Morgan fingerprint density at radius 3 is 2.54 bits per heavy atom. The van der Waals surface area contributed by atoms with Gasteiger partial charge in [0.1, 0.15) is 11.8 Å². The molecule has 5 nitrogen and oxygen atoms in total. The van der Waals surface area contributed by atoms with E-state index in [1.807, 2.05) is 38.1 Å². The van der Waals surface area contributed by atoms with E-state index < -0.39 is 6.04 Å². The highest BCUT2D eigenvalue weighted by molar-refractivity contribution is 6.35. The van der Waals surface area contributed by atoms with Gasteiger partial charge in [0.2, 0.25) is 5.91 Å². The minimum Gasteiger partial charge on any atom is -0.482 e. The number of ether oxygens (including phenoxy) is 1. The van der Waals surface area contributed by atoms with Gasteiger partial charge in [0.15, 0.2) is 6.61 Å². The molecule has 0 fully saturated rings. The summed E-state index contributed by atoms with van der Waals surface area (Å²) in [7, 11) is 0. The number of aryl methyl sites for hydroxylation is 1. The van der Waals surface area contributed by atoms with E-state index in [2.05, 4.69) is 5.32 Å². The number of benzene rings is 2. The first-order valence-corrected chi connectivity index (χ1v) is 9.78. The summed E-state index contributed by atoms with van der Waals surface area (Å²) in [6, 6.07) is 11.9. The van der Waals surface area contributed by atoms with Crippen LogP contribution in [-0.4, -0.2) is 35.9 Å². The zero-order valence-corrected chi connectivity index (χ0v) is 17.7. The molecule has 2 rings (SSSR count). The molecule has 0 aliphatic heterocycles. The lowest BCUT2D eigenvalue weighted by atomic mass is 10.1. The molecule has 0 spiro atoms. The molecule has 0 radical (unpaired) electrons. The topological polar surface area (TPSA) is 58.6 Å². The average molecular weight is 423 g/mol. The number of likely N-dealkylation sites (N-methyl/N-ethyl adjacent to an activating group) is 1. The summed E-state index contributed by atoms with van der Waals surface area (Å²) in [5.74, 6) is -0.164. The van der Waals surface area contributed by atoms with E-state index >= 15 is 0 Å². The zero-order chi connectivity index (χ0) is 20.7. The highest BCUT2D eigenvalue weighted by Gasteiger charge is 2.26. The van der Waals surface area contributed by atoms with Crippen molar-refractivity contribution in [3.63, 3.8) is 0 Å². The van der Waals surface area contributed by atoms with Crippen molar-refractivity contribution in [2.24, 2.45) is 0 Å². The molecule has 0 aliphatic rings. The smallest absolute Gasteiger partial charge is 0.261 e. The maximum absolute atomic E-state index is 12.9. The Balaban J connectivity index is 2.18. The van der Waals surface area contributed by atoms with Crippen molar-refractivity contribution in [3.8, 4) is 5.75 Å². The number of rotatable bonds is 8. The molecule has 28 heavy (non-hydrogen) atoms. The maximum atomic E-state index is 12.9. The van der Waals surface area contributed by atoms with Gasteiger partial charge in [-0.25, -0.2) is 0 Å². The second-order valence-corrected chi connectivity index (χ2v) is 7.23. The molecule has 0 saturated heterocycles. The van der Waals surface area contributed by atoms with Crippen LogP contribution in [0.2, 0.25) is 10.0 Å². The van der Waals surface area contributed by atoms with Gasteiger partial charge in [-0.3, -0.25) is 9.59 Å². The monoisotopic (exact) mass is 422 g/mol. The van der Waals surface area contributed by atoms with E-state index in [0.717, 1.165) is 11.1 Å². The predicted octanol–water partition coefficient (Wildman–Crippen LogP) is 4.23. The minimum atomic E-state index is -0.642. The summed E-state index contributed by atoms with van der Waals surface area (Å²) in [6.07, 6.45) is 0. The number of carbonyl (C=O) groups excluding carboxylic acids is 2. The molecule has 150 valence electrons. The highest BCUT2D eigenvalue weighted by atomic mass is 35.5. The van der Waals surface area contributed by atoms with Gasteiger partial charge in [-0.15, -0.1) is 0 Å². The molecule has 1 N–H and O–H groups in total. The highest BCUT2D eigenvalue weighted by Crippen LogP contribution is 2.27. The Kier molecular flexibility index (Phi) is 8.15. The standard InChI is InChI=1S/C21H24Cl2N2O3/c1-4-24-21(27)15(3)25(12-16-8-6-5-7-14(16)2)20(26)13-28-19-10-9-17(22)11-18(19)23/h5-11,15H,4,12-13H2,1-3H3,(H,24,27)/t15-/m1/s1. The van der Waals surface area contributed by atoms with Crippen LogP contribution in [0, 0.1) is 6.92 Å². The van der Waals surface area contributed by atoms with Gasteiger partial charge in [-0.05, 0) is 50.1 Å². The van der Waals surface area contributed by atoms with Crippen LogP contribution >= 0.6 is 23.2 Å². The Bertz CT molecular complexity index is 842. The van der Waals surface area contributed by atoms with Crippen LogP contribution in [0.5, 0.6) is 5.75 Å². The molecule has 0 aromatic heterocycles. The van der Waals surface area contributed by atoms with Crippen LogP contribution in [0.25, 0.3) is 0 Å². The van der Waals surface area contributed by atoms with E-state index in [0.29, 0.717) is 28.9 Å². The lowest BCUT2D eigenvalue weighted by Crippen LogP contribution is -2.49. The lowest BCUT2D eigenvalue weighted by Gasteiger charge is -2.29. The molecule has 1 atom stereocenters. The first kappa shape index (κ1) is 22.1. The molecular weight excluding hydrogens is 399 g/mol. The van der Waals surface area contributed by atoms with Gasteiger partial charge in [0, 0.05) is 18.1 Å². The molecule has 0 aliphatic carbocycles. The van der Waals surface area contributed by atoms with Gasteiger partial charge in [-0.2, -0.15) is 0 Å². The summed E-state index contributed by atoms with van der Waals surface area (Å²) in [5, 5.41) is 3.56. The maximum Gasteiger partial charge on any atom is 0.261 e. The van der Waals surface area contributed by atoms with Gasteiger partial charge < -0.3 is 15.0 Å². The number of nitrogens with one attached hydrogen (secondary N) is 1. The Hall–Kier alpha value is -2.24. The first-order valence-electron chi connectivity index (χ1n) is 9.03. The predicted molar refractivity (Wildman–Crippen MR) is 112 cm³/mol. The van der Waals surface area contributed by atoms with Crippen LogP contribution in [0.4, 0.5) is 0 Å². The van der Waals surface area contributed by atoms with Crippen LogP contribution in [0.15, 0.2) is 42.5 Å². The van der Waals surface area contributed by atoms with E-state index in [4.69, 9.17) is 27.9 Å². The molecular formula is C21H24Cl2N2O3. The van der Waals surface area contributed by atoms with Crippen molar-refractivity contribution in [2.75, 3.05) is 13.2 Å². The summed E-state index contributed by atoms with van der Waals surface area (Å²) in [4.78, 5) is 26.8. The minimum absolute atomic E-state index is 0.214. The van der Waals surface area contributed by atoms with Crippen molar-refractivity contribution in [3.05, 3.63) is 63.6 Å². The summed E-state index contributed by atoms with van der Waals surface area (Å²) < 4.78 is 5.58. The van der Waals surface area contributed by atoms with Crippen molar-refractivity contribution in [1.82, 2.24) is 10.2 Å². The molecule has 0 unspecified atom stereocenters. The molecule has 0 bridgehead atoms. The summed E-state index contributed by atoms with van der Waals surface area (Å²) in [6.45, 7) is 6.07. The van der Waals surface area contributed by atoms with Crippen molar-refractivity contribution < 1.29 is 14.3 Å². The van der Waals surface area contributed by atoms with Crippen LogP contribution < -0.4 is 10.1 Å². The number of nitrogens with zero attached hydrogens (tertiary/aromatic N) is 1. The van der Waals surface area contributed by atoms with Crippen LogP contribution in [-0.2, 0) is 16.1 Å². The summed E-state index contributed by atoms with van der Waals surface area (Å²) in [5.41, 5.74) is 2.02. The van der Waals surface area contributed by atoms with Crippen LogP contribution in [0.1, 0.15) is 25.0 Å². The lowest BCUT2D eigenvalue weighted by molar-refractivity contribution is -0.142. The number of carbonyl (C=O) groups is 2. The molecule has 0 saturated carbocycles. The number of halogens is 2. The van der Waals surface area contributed by atoms with E-state index in [-0.39, 0.29) is 18.4 Å². The van der Waals surface area contributed by atoms with Crippen molar-refractivity contribution in [1.29, 1.82) is 0 Å². The summed E-state index contributed by atoms with van der Waals surface area (Å²) >= 11 is 12.0. The molecule has 7 heteroatoms. The van der Waals surface area contributed by atoms with E-state index in [1.54, 1.807) is 25.1 Å². The third kappa shape index (κ3) is 5.88. The Morgan fingerprint density at radius 2 is 1.89 bits per heavy atom. The van der Waals surface area contributed by atoms with Gasteiger partial charge in [-0.1, -0.05) is 47.5 Å². The quantitative estimate of drug-likeness (QED) is 0.691. The van der Waals surface area contributed by atoms with Gasteiger partial charge >= 0.3 is 0 Å². The Morgan fingerprint density at radius 1 is 1.18 bits per heavy atom. The third-order valence-electron chi connectivity index (χ3n) is 4.37. The fraction of sp³-hybridized carbons (Fsp3) is 0.333.